The van der Waals surface area contributed by atoms with Crippen LogP contribution in [0.1, 0.15) is 16.1 Å². The van der Waals surface area contributed by atoms with E-state index in [4.69, 9.17) is 4.74 Å². The molecule has 0 unspecified atom stereocenters. The highest BCUT2D eigenvalue weighted by molar-refractivity contribution is 6.05. The fourth-order valence-electron chi connectivity index (χ4n) is 3.42. The first-order valence-corrected chi connectivity index (χ1v) is 9.41. The van der Waals surface area contributed by atoms with Crippen molar-refractivity contribution in [3.05, 3.63) is 59.5 Å². The van der Waals surface area contributed by atoms with Gasteiger partial charge in [0.25, 0.3) is 5.91 Å². The Balaban J connectivity index is 1.59. The number of carbonyl (C=O) groups excluding carboxylic acids is 2. The van der Waals surface area contributed by atoms with Gasteiger partial charge in [0, 0.05) is 24.2 Å². The van der Waals surface area contributed by atoms with Gasteiger partial charge in [-0.2, -0.15) is 5.10 Å². The molecule has 0 spiro atoms. The Morgan fingerprint density at radius 3 is 2.69 bits per heavy atom. The summed E-state index contributed by atoms with van der Waals surface area (Å²) < 4.78 is 20.1. The van der Waals surface area contributed by atoms with Crippen LogP contribution in [0.2, 0.25) is 0 Å². The highest BCUT2D eigenvalue weighted by atomic mass is 19.1. The number of amides is 2. The molecule has 0 radical (unpaired) electrons. The number of halogens is 1. The van der Waals surface area contributed by atoms with Crippen molar-refractivity contribution in [2.24, 2.45) is 0 Å². The lowest BCUT2D eigenvalue weighted by Crippen LogP contribution is -2.41. The molecule has 7 nitrogen and oxygen atoms in total. The molecule has 29 heavy (non-hydrogen) atoms. The van der Waals surface area contributed by atoms with E-state index in [0.29, 0.717) is 54.2 Å². The van der Waals surface area contributed by atoms with Crippen LogP contribution in [0, 0.1) is 12.7 Å². The minimum atomic E-state index is -0.357. The molecule has 3 aromatic rings. The van der Waals surface area contributed by atoms with Crippen LogP contribution in [-0.2, 0) is 16.1 Å². The molecular weight excluding hydrogens is 375 g/mol. The summed E-state index contributed by atoms with van der Waals surface area (Å²) in [5.74, 6) is -0.832. The molecule has 1 saturated heterocycles. The summed E-state index contributed by atoms with van der Waals surface area (Å²) in [6.07, 6.45) is 0. The van der Waals surface area contributed by atoms with Gasteiger partial charge in [-0.3, -0.25) is 14.3 Å². The average Bonchev–Trinajstić information content (AvgIpc) is 3.09. The van der Waals surface area contributed by atoms with Crippen molar-refractivity contribution in [3.8, 4) is 0 Å². The van der Waals surface area contributed by atoms with Gasteiger partial charge in [-0.15, -0.1) is 0 Å². The number of hydrogen-bond donors (Lipinski definition) is 1. The maximum Gasteiger partial charge on any atom is 0.275 e. The molecule has 1 aliphatic rings. The van der Waals surface area contributed by atoms with Crippen molar-refractivity contribution in [1.29, 1.82) is 0 Å². The third-order valence-corrected chi connectivity index (χ3v) is 4.91. The average molecular weight is 396 g/mol. The standard InChI is InChI=1S/C21H21FN4O3/c1-14-12-15(22)6-7-17(14)23-19(27)13-26-18-5-3-2-4-16(18)20(24-26)21(28)25-8-10-29-11-9-25/h2-7,12H,8-11,13H2,1H3,(H,23,27). The number of nitrogens with one attached hydrogen (secondary N) is 1. The summed E-state index contributed by atoms with van der Waals surface area (Å²) in [4.78, 5) is 27.2. The number of para-hydroxylation sites is 1. The highest BCUT2D eigenvalue weighted by Crippen LogP contribution is 2.21. The van der Waals surface area contributed by atoms with Gasteiger partial charge in [-0.05, 0) is 36.8 Å². The summed E-state index contributed by atoms with van der Waals surface area (Å²) >= 11 is 0. The summed E-state index contributed by atoms with van der Waals surface area (Å²) in [6.45, 7) is 3.71. The minimum absolute atomic E-state index is 0.0618. The summed E-state index contributed by atoms with van der Waals surface area (Å²) in [5, 5.41) is 7.92. The highest BCUT2D eigenvalue weighted by Gasteiger charge is 2.24. The van der Waals surface area contributed by atoms with Gasteiger partial charge in [0.15, 0.2) is 5.69 Å². The third-order valence-electron chi connectivity index (χ3n) is 4.91. The molecule has 2 heterocycles. The number of carbonyl (C=O) groups is 2. The third kappa shape index (κ3) is 3.97. The van der Waals surface area contributed by atoms with Crippen molar-refractivity contribution in [3.63, 3.8) is 0 Å². The van der Waals surface area contributed by atoms with Crippen LogP contribution in [-0.4, -0.2) is 52.8 Å². The number of rotatable bonds is 4. The van der Waals surface area contributed by atoms with Gasteiger partial charge in [0.05, 0.1) is 18.7 Å². The normalized spacial score (nSPS) is 14.2. The van der Waals surface area contributed by atoms with Gasteiger partial charge < -0.3 is 15.0 Å². The predicted octanol–water partition coefficient (Wildman–Crippen LogP) is 2.59. The van der Waals surface area contributed by atoms with Crippen LogP contribution in [0.15, 0.2) is 42.5 Å². The molecule has 150 valence electrons. The van der Waals surface area contributed by atoms with Crippen molar-refractivity contribution in [2.75, 3.05) is 31.6 Å². The van der Waals surface area contributed by atoms with E-state index in [9.17, 15) is 14.0 Å². The summed E-state index contributed by atoms with van der Waals surface area (Å²) in [5.41, 5.74) is 2.20. The van der Waals surface area contributed by atoms with E-state index >= 15 is 0 Å². The molecule has 1 fully saturated rings. The van der Waals surface area contributed by atoms with Crippen LogP contribution < -0.4 is 5.32 Å². The van der Waals surface area contributed by atoms with E-state index in [0.717, 1.165) is 0 Å². The van der Waals surface area contributed by atoms with Crippen LogP contribution in [0.4, 0.5) is 10.1 Å². The number of ether oxygens (including phenoxy) is 1. The first kappa shape index (κ1) is 19.1. The van der Waals surface area contributed by atoms with Gasteiger partial charge in [-0.1, -0.05) is 18.2 Å². The van der Waals surface area contributed by atoms with Crippen LogP contribution in [0.5, 0.6) is 0 Å². The van der Waals surface area contributed by atoms with Gasteiger partial charge in [-0.25, -0.2) is 4.39 Å². The molecule has 8 heteroatoms. The van der Waals surface area contributed by atoms with Crippen LogP contribution in [0.3, 0.4) is 0 Å². The monoisotopic (exact) mass is 396 g/mol. The van der Waals surface area contributed by atoms with E-state index in [1.807, 2.05) is 24.3 Å². The number of morpholine rings is 1. The van der Waals surface area contributed by atoms with E-state index in [-0.39, 0.29) is 24.2 Å². The second-order valence-electron chi connectivity index (χ2n) is 6.94. The van der Waals surface area contributed by atoms with Gasteiger partial charge in [0.1, 0.15) is 12.4 Å². The molecular formula is C21H21FN4O3. The predicted molar refractivity (Wildman–Crippen MR) is 106 cm³/mol. The smallest absolute Gasteiger partial charge is 0.275 e. The fourth-order valence-corrected chi connectivity index (χ4v) is 3.42. The molecule has 2 amide bonds. The molecule has 1 aliphatic heterocycles. The van der Waals surface area contributed by atoms with Crippen LogP contribution >= 0.6 is 0 Å². The fraction of sp³-hybridized carbons (Fsp3) is 0.286. The SMILES string of the molecule is Cc1cc(F)ccc1NC(=O)Cn1nc(C(=O)N2CCOCC2)c2ccccc21. The first-order chi connectivity index (χ1) is 14.0. The summed E-state index contributed by atoms with van der Waals surface area (Å²) in [6, 6.07) is 11.5. The Kier molecular flexibility index (Phi) is 5.26. The van der Waals surface area contributed by atoms with E-state index in [1.165, 1.54) is 22.9 Å². The Bertz CT molecular complexity index is 1070. The largest absolute Gasteiger partial charge is 0.378 e. The quantitative estimate of drug-likeness (QED) is 0.736. The second-order valence-corrected chi connectivity index (χ2v) is 6.94. The van der Waals surface area contributed by atoms with Gasteiger partial charge in [0.2, 0.25) is 5.91 Å². The lowest BCUT2D eigenvalue weighted by Gasteiger charge is -2.26. The number of hydrogen-bond acceptors (Lipinski definition) is 4. The summed E-state index contributed by atoms with van der Waals surface area (Å²) in [7, 11) is 0. The number of benzene rings is 2. The second kappa shape index (κ2) is 8.00. The van der Waals surface area contributed by atoms with Gasteiger partial charge >= 0.3 is 0 Å². The lowest BCUT2D eigenvalue weighted by molar-refractivity contribution is -0.116. The van der Waals surface area contributed by atoms with Crippen molar-refractivity contribution in [1.82, 2.24) is 14.7 Å². The Labute approximate surface area is 167 Å². The first-order valence-electron chi connectivity index (χ1n) is 9.41. The van der Waals surface area contributed by atoms with Crippen molar-refractivity contribution >= 4 is 28.4 Å². The number of fused-ring (bicyclic) bond motifs is 1. The van der Waals surface area contributed by atoms with Crippen molar-refractivity contribution in [2.45, 2.75) is 13.5 Å². The molecule has 0 atom stereocenters. The molecule has 0 saturated carbocycles. The number of anilines is 1. The zero-order valence-electron chi connectivity index (χ0n) is 16.0. The minimum Gasteiger partial charge on any atom is -0.378 e. The molecule has 0 bridgehead atoms. The maximum absolute atomic E-state index is 13.3. The zero-order valence-corrected chi connectivity index (χ0v) is 16.0. The molecule has 0 aliphatic carbocycles. The van der Waals surface area contributed by atoms with E-state index < -0.39 is 0 Å². The zero-order chi connectivity index (χ0) is 20.4. The molecule has 1 aromatic heterocycles. The Morgan fingerprint density at radius 1 is 1.17 bits per heavy atom. The number of aromatic nitrogens is 2. The van der Waals surface area contributed by atoms with Crippen LogP contribution in [0.25, 0.3) is 10.9 Å². The lowest BCUT2D eigenvalue weighted by atomic mass is 10.2. The maximum atomic E-state index is 13.3. The van der Waals surface area contributed by atoms with E-state index in [1.54, 1.807) is 11.8 Å². The molecule has 4 rings (SSSR count). The van der Waals surface area contributed by atoms with E-state index in [2.05, 4.69) is 10.4 Å². The topological polar surface area (TPSA) is 76.5 Å². The molecule has 1 N–H and O–H groups in total. The number of nitrogens with zero attached hydrogens (tertiary/aromatic N) is 3. The number of aryl methyl sites for hydroxylation is 1. The molecule has 2 aromatic carbocycles. The Hall–Kier alpha value is -3.26. The Morgan fingerprint density at radius 2 is 1.93 bits per heavy atom. The van der Waals surface area contributed by atoms with Crippen molar-refractivity contribution < 1.29 is 18.7 Å².